The van der Waals surface area contributed by atoms with E-state index >= 15 is 0 Å². The van der Waals surface area contributed by atoms with Gasteiger partial charge in [0.1, 0.15) is 0 Å². The molecule has 0 aliphatic carbocycles. The molecule has 1 aliphatic heterocycles. The lowest BCUT2D eigenvalue weighted by atomic mass is 10.1. The summed E-state index contributed by atoms with van der Waals surface area (Å²) in [5.41, 5.74) is 0.800. The summed E-state index contributed by atoms with van der Waals surface area (Å²) >= 11 is 1.30. The van der Waals surface area contributed by atoms with E-state index in [0.717, 1.165) is 16.9 Å². The van der Waals surface area contributed by atoms with E-state index in [-0.39, 0.29) is 17.4 Å². The zero-order valence-electron chi connectivity index (χ0n) is 10.5. The number of rotatable bonds is 4. The van der Waals surface area contributed by atoms with Gasteiger partial charge in [-0.1, -0.05) is 13.8 Å². The third kappa shape index (κ3) is 3.11. The highest BCUT2D eigenvalue weighted by Crippen LogP contribution is 2.32. The number of fused-ring (bicyclic) bond motifs is 1. The Bertz CT molecular complexity index is 528. The molecule has 1 aliphatic rings. The monoisotopic (exact) mass is 287 g/mol. The van der Waals surface area contributed by atoms with E-state index < -0.39 is 9.84 Å². The third-order valence-electron chi connectivity index (χ3n) is 2.85. The van der Waals surface area contributed by atoms with Crippen LogP contribution in [0.15, 0.2) is 6.07 Å². The molecule has 0 saturated carbocycles. The molecule has 100 valence electrons. The molecule has 0 fully saturated rings. The van der Waals surface area contributed by atoms with E-state index in [1.54, 1.807) is 6.07 Å². The molecule has 1 aromatic heterocycles. The number of nitrogens with one attached hydrogen (secondary N) is 1. The van der Waals surface area contributed by atoms with Crippen LogP contribution in [0.4, 0.5) is 0 Å². The van der Waals surface area contributed by atoms with E-state index in [0.29, 0.717) is 17.3 Å². The summed E-state index contributed by atoms with van der Waals surface area (Å²) in [5.74, 6) is 0.640. The Labute approximate surface area is 111 Å². The highest BCUT2D eigenvalue weighted by molar-refractivity contribution is 7.90. The van der Waals surface area contributed by atoms with Crippen molar-refractivity contribution in [3.63, 3.8) is 0 Å². The minimum Gasteiger partial charge on any atom is -0.351 e. The van der Waals surface area contributed by atoms with Crippen LogP contribution in [0.3, 0.4) is 0 Å². The molecule has 6 heteroatoms. The predicted octanol–water partition coefficient (Wildman–Crippen LogP) is 1.95. The van der Waals surface area contributed by atoms with Gasteiger partial charge in [-0.25, -0.2) is 8.42 Å². The highest BCUT2D eigenvalue weighted by Gasteiger charge is 2.28. The van der Waals surface area contributed by atoms with E-state index in [9.17, 15) is 13.2 Å². The summed E-state index contributed by atoms with van der Waals surface area (Å²) in [5, 5.41) is 2.86. The van der Waals surface area contributed by atoms with Gasteiger partial charge in [-0.05, 0) is 24.0 Å². The molecule has 4 nitrogen and oxygen atoms in total. The van der Waals surface area contributed by atoms with Crippen molar-refractivity contribution in [1.82, 2.24) is 5.32 Å². The summed E-state index contributed by atoms with van der Waals surface area (Å²) in [4.78, 5) is 13.3. The topological polar surface area (TPSA) is 63.2 Å². The second-order valence-electron chi connectivity index (χ2n) is 5.03. The molecule has 0 unspecified atom stereocenters. The zero-order chi connectivity index (χ0) is 13.3. The second kappa shape index (κ2) is 5.01. The molecule has 0 saturated heterocycles. The molecule has 1 N–H and O–H groups in total. The summed E-state index contributed by atoms with van der Waals surface area (Å²) in [6.07, 6.45) is 0.950. The van der Waals surface area contributed by atoms with Gasteiger partial charge in [-0.15, -0.1) is 11.3 Å². The van der Waals surface area contributed by atoms with Crippen LogP contribution in [0.2, 0.25) is 0 Å². The lowest BCUT2D eigenvalue weighted by molar-refractivity contribution is 0.0956. The lowest BCUT2D eigenvalue weighted by Crippen LogP contribution is -2.24. The Hall–Kier alpha value is -0.880. The molecule has 0 atom stereocenters. The van der Waals surface area contributed by atoms with Crippen LogP contribution >= 0.6 is 11.3 Å². The van der Waals surface area contributed by atoms with Crippen molar-refractivity contribution in [1.29, 1.82) is 0 Å². The zero-order valence-corrected chi connectivity index (χ0v) is 12.2. The highest BCUT2D eigenvalue weighted by atomic mass is 32.2. The van der Waals surface area contributed by atoms with Crippen LogP contribution in [0.1, 0.15) is 40.4 Å². The minimum atomic E-state index is -2.95. The van der Waals surface area contributed by atoms with Crippen molar-refractivity contribution in [2.24, 2.45) is 5.92 Å². The fourth-order valence-electron chi connectivity index (χ4n) is 1.87. The molecule has 1 amide bonds. The Morgan fingerprint density at radius 2 is 2.17 bits per heavy atom. The number of carbonyl (C=O) groups excluding carboxylic acids is 1. The molecule has 2 rings (SSSR count). The van der Waals surface area contributed by atoms with Gasteiger partial charge >= 0.3 is 0 Å². The van der Waals surface area contributed by atoms with Crippen molar-refractivity contribution >= 4 is 27.1 Å². The number of hydrogen-bond donors (Lipinski definition) is 1. The first-order chi connectivity index (χ1) is 8.37. The van der Waals surface area contributed by atoms with Gasteiger partial charge in [-0.2, -0.15) is 0 Å². The number of hydrogen-bond acceptors (Lipinski definition) is 4. The van der Waals surface area contributed by atoms with Crippen LogP contribution in [0.25, 0.3) is 0 Å². The van der Waals surface area contributed by atoms with Crippen molar-refractivity contribution in [2.75, 3.05) is 6.54 Å². The summed E-state index contributed by atoms with van der Waals surface area (Å²) < 4.78 is 22.8. The number of carbonyl (C=O) groups is 1. The largest absolute Gasteiger partial charge is 0.351 e. The van der Waals surface area contributed by atoms with Crippen LogP contribution in [0, 0.1) is 5.92 Å². The molecule has 2 heterocycles. The molecular weight excluding hydrogens is 270 g/mol. The Kier molecular flexibility index (Phi) is 3.77. The van der Waals surface area contributed by atoms with Crippen LogP contribution in [-0.4, -0.2) is 20.9 Å². The van der Waals surface area contributed by atoms with Gasteiger partial charge in [0.2, 0.25) is 0 Å². The number of amides is 1. The number of sulfone groups is 1. The van der Waals surface area contributed by atoms with Crippen molar-refractivity contribution in [3.8, 4) is 0 Å². The fourth-order valence-corrected chi connectivity index (χ4v) is 5.05. The maximum atomic E-state index is 11.8. The first kappa shape index (κ1) is 13.5. The van der Waals surface area contributed by atoms with Crippen LogP contribution in [-0.2, 0) is 21.3 Å². The van der Waals surface area contributed by atoms with E-state index in [2.05, 4.69) is 19.2 Å². The SMILES string of the molecule is CC(C)CCNC(=O)c1cc2c(s1)CS(=O)(=O)C2. The van der Waals surface area contributed by atoms with E-state index in [1.165, 1.54) is 11.3 Å². The average Bonchev–Trinajstić information content (AvgIpc) is 2.70. The normalized spacial score (nSPS) is 16.8. The van der Waals surface area contributed by atoms with Crippen molar-refractivity contribution in [2.45, 2.75) is 31.8 Å². The van der Waals surface area contributed by atoms with Crippen molar-refractivity contribution < 1.29 is 13.2 Å². The van der Waals surface area contributed by atoms with Gasteiger partial charge in [0.15, 0.2) is 9.84 Å². The van der Waals surface area contributed by atoms with Gasteiger partial charge in [0, 0.05) is 11.4 Å². The second-order valence-corrected chi connectivity index (χ2v) is 8.23. The third-order valence-corrected chi connectivity index (χ3v) is 5.69. The van der Waals surface area contributed by atoms with E-state index in [1.807, 2.05) is 0 Å². The minimum absolute atomic E-state index is 0.0815. The van der Waals surface area contributed by atoms with E-state index in [4.69, 9.17) is 0 Å². The first-order valence-electron chi connectivity index (χ1n) is 5.97. The maximum Gasteiger partial charge on any atom is 0.261 e. The molecule has 0 spiro atoms. The molecule has 0 bridgehead atoms. The lowest BCUT2D eigenvalue weighted by Gasteiger charge is -2.05. The summed E-state index contributed by atoms with van der Waals surface area (Å²) in [7, 11) is -2.95. The smallest absolute Gasteiger partial charge is 0.261 e. The summed E-state index contributed by atoms with van der Waals surface area (Å²) in [6, 6.07) is 1.72. The summed E-state index contributed by atoms with van der Waals surface area (Å²) in [6.45, 7) is 4.88. The maximum absolute atomic E-state index is 11.8. The molecular formula is C12H17NO3S2. The molecule has 0 radical (unpaired) electrons. The predicted molar refractivity (Wildman–Crippen MR) is 72.4 cm³/mol. The molecule has 18 heavy (non-hydrogen) atoms. The van der Waals surface area contributed by atoms with Gasteiger partial charge in [0.05, 0.1) is 16.4 Å². The molecule has 1 aromatic rings. The van der Waals surface area contributed by atoms with Crippen LogP contribution in [0.5, 0.6) is 0 Å². The quantitative estimate of drug-likeness (QED) is 0.920. The Balaban J connectivity index is 1.98. The fraction of sp³-hybridized carbons (Fsp3) is 0.583. The Morgan fingerprint density at radius 1 is 1.44 bits per heavy atom. The van der Waals surface area contributed by atoms with Gasteiger partial charge in [0.25, 0.3) is 5.91 Å². The average molecular weight is 287 g/mol. The Morgan fingerprint density at radius 3 is 2.78 bits per heavy atom. The first-order valence-corrected chi connectivity index (χ1v) is 8.61. The standard InChI is InChI=1S/C12H17NO3S2/c1-8(2)3-4-13-12(14)10-5-9-6-18(15,16)7-11(9)17-10/h5,8H,3-4,6-7H2,1-2H3,(H,13,14). The van der Waals surface area contributed by atoms with Gasteiger partial charge in [-0.3, -0.25) is 4.79 Å². The van der Waals surface area contributed by atoms with Crippen molar-refractivity contribution in [3.05, 3.63) is 21.4 Å². The number of thiophene rings is 1. The van der Waals surface area contributed by atoms with Crippen LogP contribution < -0.4 is 5.32 Å². The van der Waals surface area contributed by atoms with Gasteiger partial charge < -0.3 is 5.32 Å². The molecule has 0 aromatic carbocycles.